The molecule has 0 bridgehead atoms. The van der Waals surface area contributed by atoms with Crippen molar-refractivity contribution in [2.75, 3.05) is 13.6 Å². The average Bonchev–Trinajstić information content (AvgIpc) is 3.14. The van der Waals surface area contributed by atoms with E-state index in [0.29, 0.717) is 6.54 Å². The van der Waals surface area contributed by atoms with Crippen molar-refractivity contribution in [2.24, 2.45) is 0 Å². The summed E-state index contributed by atoms with van der Waals surface area (Å²) in [7, 11) is 1.87. The average molecular weight is 356 g/mol. The Morgan fingerprint density at radius 2 is 1.56 bits per heavy atom. The number of aliphatic hydroxyl groups is 1. The first-order valence-electron chi connectivity index (χ1n) is 9.32. The molecule has 0 aliphatic heterocycles. The molecule has 4 rings (SSSR count). The molecule has 0 spiro atoms. The lowest BCUT2D eigenvalue weighted by Gasteiger charge is -2.26. The molecule has 2 N–H and O–H groups in total. The van der Waals surface area contributed by atoms with Gasteiger partial charge in [-0.2, -0.15) is 0 Å². The van der Waals surface area contributed by atoms with Crippen LogP contribution in [-0.2, 0) is 0 Å². The van der Waals surface area contributed by atoms with Crippen LogP contribution in [0.15, 0.2) is 91.1 Å². The highest BCUT2D eigenvalue weighted by molar-refractivity contribution is 5.95. The van der Waals surface area contributed by atoms with E-state index in [1.54, 1.807) is 0 Å². The molecular weight excluding hydrogens is 332 g/mol. The number of hydrogen-bond acceptors (Lipinski definition) is 2. The molecule has 27 heavy (non-hydrogen) atoms. The van der Waals surface area contributed by atoms with Crippen molar-refractivity contribution in [3.63, 3.8) is 0 Å². The predicted octanol–water partition coefficient (Wildman–Crippen LogP) is 4.48. The van der Waals surface area contributed by atoms with E-state index in [1.165, 1.54) is 16.5 Å². The standard InChI is InChI=1S/C24H24N2O/c1-25-17-23(27)24(19-11-6-3-7-12-19)26-16-15-21-20(13-8-14-22(21)26)18-9-4-2-5-10-18/h2-16,23-25,27H,17H2,1H3/t23-,24+/m1/s1. The first-order chi connectivity index (χ1) is 13.3. The van der Waals surface area contributed by atoms with Crippen molar-refractivity contribution < 1.29 is 5.11 Å². The zero-order valence-electron chi connectivity index (χ0n) is 15.4. The number of aromatic nitrogens is 1. The van der Waals surface area contributed by atoms with Crippen molar-refractivity contribution in [3.8, 4) is 11.1 Å². The molecule has 0 fully saturated rings. The summed E-state index contributed by atoms with van der Waals surface area (Å²) >= 11 is 0. The Hall–Kier alpha value is -2.88. The second-order valence-corrected chi connectivity index (χ2v) is 6.81. The van der Waals surface area contributed by atoms with Gasteiger partial charge in [0.1, 0.15) is 0 Å². The van der Waals surface area contributed by atoms with E-state index in [2.05, 4.69) is 76.7 Å². The van der Waals surface area contributed by atoms with Gasteiger partial charge < -0.3 is 15.0 Å². The highest BCUT2D eigenvalue weighted by Crippen LogP contribution is 2.33. The predicted molar refractivity (Wildman–Crippen MR) is 112 cm³/mol. The Kier molecular flexibility index (Phi) is 5.05. The molecular formula is C24H24N2O. The molecule has 136 valence electrons. The summed E-state index contributed by atoms with van der Waals surface area (Å²) < 4.78 is 2.19. The van der Waals surface area contributed by atoms with E-state index >= 15 is 0 Å². The second-order valence-electron chi connectivity index (χ2n) is 6.81. The van der Waals surface area contributed by atoms with Crippen molar-refractivity contribution in [1.29, 1.82) is 0 Å². The number of aliphatic hydroxyl groups excluding tert-OH is 1. The van der Waals surface area contributed by atoms with Gasteiger partial charge in [-0.1, -0.05) is 72.8 Å². The van der Waals surface area contributed by atoms with E-state index < -0.39 is 6.10 Å². The van der Waals surface area contributed by atoms with Gasteiger partial charge in [-0.05, 0) is 35.9 Å². The Balaban J connectivity index is 1.87. The lowest BCUT2D eigenvalue weighted by molar-refractivity contribution is 0.132. The van der Waals surface area contributed by atoms with Crippen LogP contribution < -0.4 is 5.32 Å². The van der Waals surface area contributed by atoms with E-state index in [9.17, 15) is 5.11 Å². The molecule has 4 aromatic rings. The topological polar surface area (TPSA) is 37.2 Å². The van der Waals surface area contributed by atoms with E-state index in [1.807, 2.05) is 31.3 Å². The number of nitrogens with zero attached hydrogens (tertiary/aromatic N) is 1. The van der Waals surface area contributed by atoms with Gasteiger partial charge in [0.05, 0.1) is 12.1 Å². The van der Waals surface area contributed by atoms with Crippen LogP contribution in [0.3, 0.4) is 0 Å². The first-order valence-corrected chi connectivity index (χ1v) is 9.32. The van der Waals surface area contributed by atoms with Crippen LogP contribution >= 0.6 is 0 Å². The zero-order chi connectivity index (χ0) is 18.6. The molecule has 1 heterocycles. The van der Waals surface area contributed by atoms with Gasteiger partial charge in [0.15, 0.2) is 0 Å². The Morgan fingerprint density at radius 3 is 2.26 bits per heavy atom. The molecule has 0 aliphatic rings. The van der Waals surface area contributed by atoms with Crippen molar-refractivity contribution >= 4 is 10.9 Å². The van der Waals surface area contributed by atoms with E-state index in [-0.39, 0.29) is 6.04 Å². The summed E-state index contributed by atoms with van der Waals surface area (Å²) in [5.41, 5.74) is 4.64. The minimum Gasteiger partial charge on any atom is -0.389 e. The SMILES string of the molecule is CNC[C@@H](O)[C@H](c1ccccc1)n1ccc2c(-c3ccccc3)cccc21. The molecule has 3 heteroatoms. The number of hydrogen-bond donors (Lipinski definition) is 2. The maximum absolute atomic E-state index is 10.9. The number of nitrogens with one attached hydrogen (secondary N) is 1. The number of benzene rings is 3. The number of fused-ring (bicyclic) bond motifs is 1. The van der Waals surface area contributed by atoms with Gasteiger partial charge >= 0.3 is 0 Å². The third kappa shape index (κ3) is 3.39. The molecule has 0 aliphatic carbocycles. The van der Waals surface area contributed by atoms with E-state index in [4.69, 9.17) is 0 Å². The highest BCUT2D eigenvalue weighted by Gasteiger charge is 2.24. The minimum atomic E-state index is -0.534. The molecule has 3 aromatic carbocycles. The normalized spacial score (nSPS) is 13.6. The van der Waals surface area contributed by atoms with Crippen LogP contribution in [0.2, 0.25) is 0 Å². The fourth-order valence-electron chi connectivity index (χ4n) is 3.84. The van der Waals surface area contributed by atoms with Crippen LogP contribution in [0.4, 0.5) is 0 Å². The fourth-order valence-corrected chi connectivity index (χ4v) is 3.84. The minimum absolute atomic E-state index is 0.151. The third-order valence-electron chi connectivity index (χ3n) is 5.07. The quantitative estimate of drug-likeness (QED) is 0.534. The van der Waals surface area contributed by atoms with Gasteiger partial charge in [0.2, 0.25) is 0 Å². The summed E-state index contributed by atoms with van der Waals surface area (Å²) in [6.07, 6.45) is 1.56. The maximum atomic E-state index is 10.9. The molecule has 2 atom stereocenters. The molecule has 0 saturated heterocycles. The van der Waals surface area contributed by atoms with Crippen molar-refractivity contribution in [2.45, 2.75) is 12.1 Å². The largest absolute Gasteiger partial charge is 0.389 e. The van der Waals surface area contributed by atoms with Crippen LogP contribution in [0, 0.1) is 0 Å². The summed E-state index contributed by atoms with van der Waals surface area (Å²) in [4.78, 5) is 0. The van der Waals surface area contributed by atoms with Gasteiger partial charge in [-0.25, -0.2) is 0 Å². The summed E-state index contributed by atoms with van der Waals surface area (Å²) in [6, 6.07) is 29.0. The third-order valence-corrected chi connectivity index (χ3v) is 5.07. The lowest BCUT2D eigenvalue weighted by atomic mass is 9.99. The number of likely N-dealkylation sites (N-methyl/N-ethyl adjacent to an activating group) is 1. The Labute approximate surface area is 159 Å². The Morgan fingerprint density at radius 1 is 0.852 bits per heavy atom. The number of rotatable bonds is 6. The Bertz CT molecular complexity index is 1010. The fraction of sp³-hybridized carbons (Fsp3) is 0.167. The zero-order valence-corrected chi connectivity index (χ0v) is 15.4. The van der Waals surface area contributed by atoms with Crippen LogP contribution in [0.1, 0.15) is 11.6 Å². The monoisotopic (exact) mass is 356 g/mol. The van der Waals surface area contributed by atoms with Crippen LogP contribution in [0.25, 0.3) is 22.0 Å². The van der Waals surface area contributed by atoms with Crippen molar-refractivity contribution in [1.82, 2.24) is 9.88 Å². The lowest BCUT2D eigenvalue weighted by Crippen LogP contribution is -2.33. The molecule has 3 nitrogen and oxygen atoms in total. The summed E-state index contributed by atoms with van der Waals surface area (Å²) in [5.74, 6) is 0. The molecule has 0 saturated carbocycles. The first kappa shape index (κ1) is 17.5. The van der Waals surface area contributed by atoms with Crippen molar-refractivity contribution in [3.05, 3.63) is 96.7 Å². The molecule has 0 radical (unpaired) electrons. The highest BCUT2D eigenvalue weighted by atomic mass is 16.3. The summed E-state index contributed by atoms with van der Waals surface area (Å²) in [6.45, 7) is 0.525. The van der Waals surface area contributed by atoms with E-state index in [0.717, 1.165) is 11.1 Å². The second kappa shape index (κ2) is 7.78. The summed E-state index contributed by atoms with van der Waals surface area (Å²) in [5, 5.41) is 15.2. The smallest absolute Gasteiger partial charge is 0.0912 e. The van der Waals surface area contributed by atoms with Crippen LogP contribution in [-0.4, -0.2) is 29.4 Å². The molecule has 0 unspecified atom stereocenters. The molecule has 0 amide bonds. The van der Waals surface area contributed by atoms with Gasteiger partial charge in [-0.3, -0.25) is 0 Å². The van der Waals surface area contributed by atoms with Gasteiger partial charge in [0, 0.05) is 23.6 Å². The van der Waals surface area contributed by atoms with Gasteiger partial charge in [-0.15, -0.1) is 0 Å². The molecule has 1 aromatic heterocycles. The van der Waals surface area contributed by atoms with Crippen LogP contribution in [0.5, 0.6) is 0 Å². The maximum Gasteiger partial charge on any atom is 0.0912 e. The van der Waals surface area contributed by atoms with Gasteiger partial charge in [0.25, 0.3) is 0 Å².